The van der Waals surface area contributed by atoms with E-state index in [9.17, 15) is 5.11 Å². The van der Waals surface area contributed by atoms with E-state index in [-0.39, 0.29) is 11.9 Å². The van der Waals surface area contributed by atoms with E-state index in [0.717, 1.165) is 10.2 Å². The van der Waals surface area contributed by atoms with Gasteiger partial charge in [0.15, 0.2) is 12.0 Å². The fourth-order valence-electron chi connectivity index (χ4n) is 2.20. The molecule has 3 rings (SSSR count). The first-order valence-corrected chi connectivity index (χ1v) is 7.59. The maximum Gasteiger partial charge on any atom is 0.166 e. The first-order valence-electron chi connectivity index (χ1n) is 6.32. The zero-order valence-electron chi connectivity index (χ0n) is 10.9. The number of hydrazone groups is 1. The smallest absolute Gasteiger partial charge is 0.166 e. The Morgan fingerprint density at radius 2 is 1.90 bits per heavy atom. The first-order chi connectivity index (χ1) is 10.2. The van der Waals surface area contributed by atoms with E-state index in [1.165, 1.54) is 0 Å². The average molecular weight is 362 g/mol. The third kappa shape index (κ3) is 2.64. The topological polar surface area (TPSA) is 47.9 Å². The van der Waals surface area contributed by atoms with Crippen molar-refractivity contribution in [1.82, 2.24) is 5.43 Å². The zero-order chi connectivity index (χ0) is 14.8. The van der Waals surface area contributed by atoms with Crippen LogP contribution in [-0.4, -0.2) is 22.5 Å². The quantitative estimate of drug-likeness (QED) is 0.823. The number of anilines is 1. The SMILES string of the molecule is Oc1ccccc1C1=NNC(C=S)N1c1ccc(Br)cc1. The Kier molecular flexibility index (Phi) is 3.90. The van der Waals surface area contributed by atoms with Gasteiger partial charge in [-0.25, -0.2) is 0 Å². The van der Waals surface area contributed by atoms with Gasteiger partial charge in [0.1, 0.15) is 5.75 Å². The fourth-order valence-corrected chi connectivity index (χ4v) is 2.65. The maximum atomic E-state index is 10.1. The number of benzene rings is 2. The molecular formula is C15H12BrN3OS. The Morgan fingerprint density at radius 3 is 2.57 bits per heavy atom. The van der Waals surface area contributed by atoms with Crippen molar-refractivity contribution in [2.45, 2.75) is 6.17 Å². The highest BCUT2D eigenvalue weighted by atomic mass is 79.9. The minimum absolute atomic E-state index is 0.185. The highest BCUT2D eigenvalue weighted by molar-refractivity contribution is 9.10. The van der Waals surface area contributed by atoms with Gasteiger partial charge in [0, 0.05) is 15.5 Å². The van der Waals surface area contributed by atoms with Gasteiger partial charge in [-0.15, -0.1) is 0 Å². The molecule has 0 bridgehead atoms. The van der Waals surface area contributed by atoms with Gasteiger partial charge in [-0.3, -0.25) is 10.3 Å². The fraction of sp³-hybridized carbons (Fsp3) is 0.0667. The zero-order valence-corrected chi connectivity index (χ0v) is 13.3. The minimum Gasteiger partial charge on any atom is -0.507 e. The summed E-state index contributed by atoms with van der Waals surface area (Å²) in [5, 5.41) is 16.0. The van der Waals surface area contributed by atoms with Gasteiger partial charge >= 0.3 is 0 Å². The van der Waals surface area contributed by atoms with Crippen LogP contribution >= 0.6 is 28.1 Å². The molecule has 1 unspecified atom stereocenters. The van der Waals surface area contributed by atoms with Gasteiger partial charge in [-0.1, -0.05) is 40.3 Å². The number of halogens is 1. The summed E-state index contributed by atoms with van der Waals surface area (Å²) in [6.07, 6.45) is -0.226. The van der Waals surface area contributed by atoms with Crippen molar-refractivity contribution in [3.63, 3.8) is 0 Å². The molecule has 2 aromatic carbocycles. The number of para-hydroxylation sites is 1. The van der Waals surface area contributed by atoms with Crippen LogP contribution in [0.2, 0.25) is 0 Å². The molecule has 2 aromatic rings. The normalized spacial score (nSPS) is 17.3. The lowest BCUT2D eigenvalue weighted by Crippen LogP contribution is -2.41. The lowest BCUT2D eigenvalue weighted by molar-refractivity contribution is 0.474. The predicted molar refractivity (Wildman–Crippen MR) is 91.8 cm³/mol. The number of nitrogens with one attached hydrogen (secondary N) is 1. The van der Waals surface area contributed by atoms with E-state index in [2.05, 4.69) is 26.5 Å². The summed E-state index contributed by atoms with van der Waals surface area (Å²) in [4.78, 5) is 1.95. The van der Waals surface area contributed by atoms with Crippen LogP contribution in [0, 0.1) is 0 Å². The van der Waals surface area contributed by atoms with Crippen LogP contribution in [-0.2, 0) is 0 Å². The van der Waals surface area contributed by atoms with E-state index >= 15 is 0 Å². The Morgan fingerprint density at radius 1 is 1.19 bits per heavy atom. The number of amidine groups is 1. The van der Waals surface area contributed by atoms with Gasteiger partial charge in [0.25, 0.3) is 0 Å². The highest BCUT2D eigenvalue weighted by Gasteiger charge is 2.29. The Balaban J connectivity index is 2.05. The summed E-state index contributed by atoms with van der Waals surface area (Å²) >= 11 is 8.50. The van der Waals surface area contributed by atoms with Gasteiger partial charge in [-0.2, -0.15) is 5.10 Å². The second-order valence-electron chi connectivity index (χ2n) is 4.51. The molecule has 0 fully saturated rings. The number of nitrogens with zero attached hydrogens (tertiary/aromatic N) is 2. The lowest BCUT2D eigenvalue weighted by Gasteiger charge is -2.25. The first kappa shape index (κ1) is 14.0. The summed E-state index contributed by atoms with van der Waals surface area (Å²) in [6, 6.07) is 15.0. The number of hydrogen-bond acceptors (Lipinski definition) is 5. The van der Waals surface area contributed by atoms with Gasteiger partial charge in [0.05, 0.1) is 5.56 Å². The molecule has 6 heteroatoms. The number of hydrogen-bond donors (Lipinski definition) is 2. The number of phenolic OH excluding ortho intramolecular Hbond substituents is 1. The van der Waals surface area contributed by atoms with Crippen molar-refractivity contribution < 1.29 is 5.11 Å². The molecule has 106 valence electrons. The second kappa shape index (κ2) is 5.83. The van der Waals surface area contributed by atoms with Crippen LogP contribution < -0.4 is 10.3 Å². The highest BCUT2D eigenvalue weighted by Crippen LogP contribution is 2.27. The largest absolute Gasteiger partial charge is 0.507 e. The van der Waals surface area contributed by atoms with Gasteiger partial charge in [-0.05, 0) is 36.4 Å². The van der Waals surface area contributed by atoms with E-state index < -0.39 is 0 Å². The molecule has 0 saturated heterocycles. The number of aromatic hydroxyl groups is 1. The predicted octanol–water partition coefficient (Wildman–Crippen LogP) is 3.25. The van der Waals surface area contributed by atoms with Crippen molar-refractivity contribution in [2.24, 2.45) is 5.10 Å². The molecule has 21 heavy (non-hydrogen) atoms. The molecule has 2 N–H and O–H groups in total. The standard InChI is InChI=1S/C15H12BrN3OS/c16-10-5-7-11(8-6-10)19-14(9-21)17-18-15(19)12-3-1-2-4-13(12)20/h1-9,14,17,20H. The summed E-state index contributed by atoms with van der Waals surface area (Å²) in [5.74, 6) is 0.826. The van der Waals surface area contributed by atoms with Crippen LogP contribution in [0.5, 0.6) is 5.75 Å². The third-order valence-corrected chi connectivity index (χ3v) is 3.97. The molecule has 1 heterocycles. The Hall–Kier alpha value is -1.92. The summed E-state index contributed by atoms with van der Waals surface area (Å²) in [7, 11) is 0. The Labute approximate surface area is 136 Å². The van der Waals surface area contributed by atoms with Crippen LogP contribution in [0.1, 0.15) is 5.56 Å². The summed E-state index contributed by atoms with van der Waals surface area (Å²) in [6.45, 7) is 0. The molecule has 1 aliphatic rings. The van der Waals surface area contributed by atoms with E-state index in [4.69, 9.17) is 12.2 Å². The molecule has 0 spiro atoms. The van der Waals surface area contributed by atoms with Crippen molar-refractivity contribution in [3.05, 3.63) is 58.6 Å². The van der Waals surface area contributed by atoms with E-state index in [0.29, 0.717) is 11.4 Å². The van der Waals surface area contributed by atoms with Crippen molar-refractivity contribution in [3.8, 4) is 5.75 Å². The van der Waals surface area contributed by atoms with Crippen LogP contribution in [0.15, 0.2) is 58.1 Å². The number of rotatable bonds is 3. The van der Waals surface area contributed by atoms with E-state index in [1.807, 2.05) is 41.3 Å². The monoisotopic (exact) mass is 361 g/mol. The molecule has 0 amide bonds. The molecule has 1 atom stereocenters. The number of phenols is 1. The molecule has 0 radical (unpaired) electrons. The summed E-state index contributed by atoms with van der Waals surface area (Å²) < 4.78 is 0.998. The molecule has 0 aromatic heterocycles. The van der Waals surface area contributed by atoms with Crippen molar-refractivity contribution in [2.75, 3.05) is 4.90 Å². The van der Waals surface area contributed by atoms with Crippen LogP contribution in [0.25, 0.3) is 0 Å². The van der Waals surface area contributed by atoms with E-state index in [1.54, 1.807) is 17.5 Å². The lowest BCUT2D eigenvalue weighted by atomic mass is 10.1. The molecular weight excluding hydrogens is 350 g/mol. The molecule has 4 nitrogen and oxygen atoms in total. The molecule has 1 aliphatic heterocycles. The van der Waals surface area contributed by atoms with Crippen LogP contribution in [0.3, 0.4) is 0 Å². The van der Waals surface area contributed by atoms with Gasteiger partial charge in [0.2, 0.25) is 0 Å². The maximum absolute atomic E-state index is 10.1. The van der Waals surface area contributed by atoms with Crippen LogP contribution in [0.4, 0.5) is 5.69 Å². The number of thiocarbonyl (C=S) groups is 1. The molecule has 0 saturated carbocycles. The molecule has 0 aliphatic carbocycles. The minimum atomic E-state index is -0.226. The average Bonchev–Trinajstić information content (AvgIpc) is 2.92. The van der Waals surface area contributed by atoms with Crippen molar-refractivity contribution in [1.29, 1.82) is 0 Å². The van der Waals surface area contributed by atoms with Gasteiger partial charge < -0.3 is 5.11 Å². The Bertz CT molecular complexity index is 702. The van der Waals surface area contributed by atoms with Crippen molar-refractivity contribution >= 4 is 45.0 Å². The third-order valence-electron chi connectivity index (χ3n) is 3.19. The summed E-state index contributed by atoms with van der Waals surface area (Å²) in [5.41, 5.74) is 4.58. The second-order valence-corrected chi connectivity index (χ2v) is 5.70.